The van der Waals surface area contributed by atoms with Gasteiger partial charge >= 0.3 is 11.9 Å². The zero-order valence-corrected chi connectivity index (χ0v) is 46.5. The van der Waals surface area contributed by atoms with Crippen LogP contribution in [0.3, 0.4) is 0 Å². The third-order valence-corrected chi connectivity index (χ3v) is 17.7. The molecule has 7 rings (SSSR count). The molecule has 6 saturated heterocycles. The van der Waals surface area contributed by atoms with E-state index in [1.54, 1.807) is 0 Å². The summed E-state index contributed by atoms with van der Waals surface area (Å²) >= 11 is 0. The summed E-state index contributed by atoms with van der Waals surface area (Å²) in [5.41, 5.74) is -0.595. The number of rotatable bonds is 24. The number of carboxylic acid groups (broad SMARTS) is 1. The van der Waals surface area contributed by atoms with Crippen molar-refractivity contribution in [2.75, 3.05) is 6.61 Å². The quantitative estimate of drug-likeness (QED) is 0.0406. The molecule has 0 aliphatic carbocycles. The number of carbonyl (C=O) groups excluding carboxylic acids is 1. The Morgan fingerprint density at radius 3 is 2.24 bits per heavy atom. The Bertz CT molecular complexity index is 1880. The van der Waals surface area contributed by atoms with Gasteiger partial charge in [0.05, 0.1) is 43.2 Å². The first kappa shape index (κ1) is 59.4. The average molecular weight is 1040 g/mol. The maximum atomic E-state index is 13.5. The van der Waals surface area contributed by atoms with Crippen LogP contribution in [0.5, 0.6) is 0 Å². The Labute approximate surface area is 444 Å². The molecule has 74 heavy (non-hydrogen) atoms. The highest BCUT2D eigenvalue weighted by atomic mass is 16.7. The van der Waals surface area contributed by atoms with Crippen molar-refractivity contribution in [1.82, 2.24) is 0 Å². The van der Waals surface area contributed by atoms with Crippen LogP contribution in [-0.2, 0) is 47.5 Å². The predicted molar refractivity (Wildman–Crippen MR) is 282 cm³/mol. The summed E-state index contributed by atoms with van der Waals surface area (Å²) in [6.45, 7) is 19.2. The molecule has 7 aliphatic heterocycles. The van der Waals surface area contributed by atoms with Gasteiger partial charge in [0.15, 0.2) is 23.3 Å². The molecular weight excluding hydrogens is 945 g/mol. The summed E-state index contributed by atoms with van der Waals surface area (Å²) < 4.78 is 52.6. The molecule has 422 valence electrons. The summed E-state index contributed by atoms with van der Waals surface area (Å²) in [5.74, 6) is -3.46. The third-order valence-electron chi connectivity index (χ3n) is 17.7. The minimum atomic E-state index is -2.01. The number of ether oxygens (including phenoxy) is 8. The fourth-order valence-electron chi connectivity index (χ4n) is 13.1. The molecule has 7 heterocycles. The van der Waals surface area contributed by atoms with Gasteiger partial charge in [-0.2, -0.15) is 0 Å². The minimum absolute atomic E-state index is 0.0395. The van der Waals surface area contributed by atoms with Gasteiger partial charge in [0.25, 0.3) is 0 Å². The van der Waals surface area contributed by atoms with Gasteiger partial charge in [-0.1, -0.05) is 123 Å². The van der Waals surface area contributed by atoms with Crippen molar-refractivity contribution in [1.29, 1.82) is 0 Å². The second-order valence-electron chi connectivity index (χ2n) is 24.8. The van der Waals surface area contributed by atoms with Gasteiger partial charge in [0.1, 0.15) is 18.3 Å². The van der Waals surface area contributed by atoms with E-state index in [2.05, 4.69) is 53.3 Å². The molecule has 17 atom stereocenters. The third kappa shape index (κ3) is 15.5. The molecule has 0 unspecified atom stereocenters. The van der Waals surface area contributed by atoms with Gasteiger partial charge in [0, 0.05) is 44.4 Å². The number of unbranched alkanes of at least 4 members (excludes halogenated alkanes) is 9. The van der Waals surface area contributed by atoms with Gasteiger partial charge in [-0.25, -0.2) is 4.79 Å². The smallest absolute Gasteiger partial charge is 0.335 e. The van der Waals surface area contributed by atoms with E-state index < -0.39 is 71.7 Å². The predicted octanol–water partition coefficient (Wildman–Crippen LogP) is 11.1. The molecule has 0 aromatic heterocycles. The normalized spacial score (nSPS) is 37.7. The van der Waals surface area contributed by atoms with Crippen LogP contribution in [0.1, 0.15) is 215 Å². The van der Waals surface area contributed by atoms with Crippen molar-refractivity contribution in [3.63, 3.8) is 0 Å². The van der Waals surface area contributed by atoms with E-state index in [-0.39, 0.29) is 42.5 Å². The first-order valence-electron chi connectivity index (χ1n) is 29.5. The first-order chi connectivity index (χ1) is 35.2. The SMILES string of the molecule is C=C1[C@@H](O)[C@@H]2O[C@]3(CC[C@H](C=C[C@@H](C)[C@@H]4CC(C)=C[C@@]5(O[C@H](C[C@@](C)(O)C(=O)O)CC[C@H]5OC(=O)CCCCCCCCCCCCC(C)C)O4)O3)CC[C@H]2O[C@@H]1[C@@H](O)C[C@H](C)[C@H]1O[C@@]2(CCCCO2)CC[C@H]1C. The number of esters is 1. The molecule has 0 amide bonds. The summed E-state index contributed by atoms with van der Waals surface area (Å²) in [4.78, 5) is 25.4. The van der Waals surface area contributed by atoms with Crippen LogP contribution >= 0.6 is 0 Å². The van der Waals surface area contributed by atoms with Gasteiger partial charge in [-0.3, -0.25) is 4.79 Å². The lowest BCUT2D eigenvalue weighted by molar-refractivity contribution is -0.322. The average Bonchev–Trinajstić information content (AvgIpc) is 3.75. The van der Waals surface area contributed by atoms with Crippen molar-refractivity contribution < 1.29 is 67.9 Å². The highest BCUT2D eigenvalue weighted by Crippen LogP contribution is 2.48. The summed E-state index contributed by atoms with van der Waals surface area (Å²) in [6, 6.07) is 0. The molecule has 0 aromatic carbocycles. The van der Waals surface area contributed by atoms with Crippen molar-refractivity contribution in [2.45, 2.75) is 299 Å². The lowest BCUT2D eigenvalue weighted by Gasteiger charge is -2.50. The lowest BCUT2D eigenvalue weighted by atomic mass is 9.79. The molecule has 6 fully saturated rings. The van der Waals surface area contributed by atoms with E-state index >= 15 is 0 Å². The number of hydrogen-bond donors (Lipinski definition) is 4. The van der Waals surface area contributed by atoms with Crippen LogP contribution in [0.25, 0.3) is 0 Å². The molecule has 3 spiro atoms. The van der Waals surface area contributed by atoms with E-state index in [9.17, 15) is 30.0 Å². The van der Waals surface area contributed by atoms with E-state index in [1.807, 2.05) is 13.0 Å². The van der Waals surface area contributed by atoms with E-state index in [4.69, 9.17) is 37.9 Å². The Kier molecular flexibility index (Phi) is 21.4. The fourth-order valence-corrected chi connectivity index (χ4v) is 13.1. The number of aliphatic carboxylic acids is 1. The number of aliphatic hydroxyl groups excluding tert-OH is 2. The number of hydrogen-bond acceptors (Lipinski definition) is 13. The Balaban J connectivity index is 0.899. The van der Waals surface area contributed by atoms with Gasteiger partial charge in [0.2, 0.25) is 5.79 Å². The van der Waals surface area contributed by atoms with Crippen molar-refractivity contribution >= 4 is 11.9 Å². The van der Waals surface area contributed by atoms with Crippen molar-refractivity contribution in [2.24, 2.45) is 23.7 Å². The summed E-state index contributed by atoms with van der Waals surface area (Å²) in [5, 5.41) is 43.9. The number of fused-ring (bicyclic) bond motifs is 1. The van der Waals surface area contributed by atoms with E-state index in [0.29, 0.717) is 69.3 Å². The van der Waals surface area contributed by atoms with Gasteiger partial charge in [-0.05, 0) is 107 Å². The highest BCUT2D eigenvalue weighted by molar-refractivity contribution is 5.76. The number of aliphatic hydroxyl groups is 3. The zero-order valence-electron chi connectivity index (χ0n) is 46.5. The Morgan fingerprint density at radius 1 is 0.865 bits per heavy atom. The Hall–Kier alpha value is -2.24. The number of carboxylic acids is 1. The molecule has 0 saturated carbocycles. The highest BCUT2D eigenvalue weighted by Gasteiger charge is 2.55. The zero-order chi connectivity index (χ0) is 53.3. The van der Waals surface area contributed by atoms with Crippen LogP contribution in [0.2, 0.25) is 0 Å². The summed E-state index contributed by atoms with van der Waals surface area (Å²) in [7, 11) is 0. The first-order valence-corrected chi connectivity index (χ1v) is 29.5. The van der Waals surface area contributed by atoms with Gasteiger partial charge in [-0.15, -0.1) is 0 Å². The maximum absolute atomic E-state index is 13.5. The monoisotopic (exact) mass is 1040 g/mol. The molecule has 0 bridgehead atoms. The molecule has 4 N–H and O–H groups in total. The van der Waals surface area contributed by atoms with Gasteiger partial charge < -0.3 is 58.3 Å². The van der Waals surface area contributed by atoms with Crippen LogP contribution in [-0.4, -0.2) is 123 Å². The van der Waals surface area contributed by atoms with Crippen molar-refractivity contribution in [3.8, 4) is 0 Å². The van der Waals surface area contributed by atoms with E-state index in [0.717, 1.165) is 69.5 Å². The maximum Gasteiger partial charge on any atom is 0.335 e. The summed E-state index contributed by atoms with van der Waals surface area (Å²) in [6.07, 6.45) is 22.8. The van der Waals surface area contributed by atoms with Crippen LogP contribution in [0.4, 0.5) is 0 Å². The standard InChI is InChI=1S/C60H98O14/c1-39(2)21-17-15-13-11-9-10-12-14-16-18-22-51(62)69-50-26-25-46(38-57(8,66)56(64)65)71-60(50)37-40(3)35-49(72-60)41(4)23-24-45-28-32-59(70-45)33-29-48-55(74-59)52(63)44(7)54(68-48)47(61)36-43(6)53-42(5)27-31-58(73-53)30-19-20-34-67-58/h23-24,37,39,41-43,45-50,52-55,61,63,66H,7,9-22,25-36,38H2,1-6,8H3,(H,64,65)/t41-,42-,43+,45+,46+,47+,48-,49+,50-,52-,53+,54+,55-,57-,58+,59-,60-/m1/s1. The second kappa shape index (κ2) is 26.6. The van der Waals surface area contributed by atoms with E-state index in [1.165, 1.54) is 58.3 Å². The fraction of sp³-hybridized carbons (Fsp3) is 0.867. The molecular formula is C60H98O14. The Morgan fingerprint density at radius 2 is 1.55 bits per heavy atom. The molecule has 14 heteroatoms. The molecule has 0 radical (unpaired) electrons. The van der Waals surface area contributed by atoms with Crippen molar-refractivity contribution in [3.05, 3.63) is 36.0 Å². The molecule has 14 nitrogen and oxygen atoms in total. The number of carbonyl (C=O) groups is 2. The second-order valence-corrected chi connectivity index (χ2v) is 24.8. The minimum Gasteiger partial charge on any atom is -0.479 e. The lowest BCUT2D eigenvalue weighted by Crippen LogP contribution is -2.60. The van der Waals surface area contributed by atoms with Crippen LogP contribution in [0.15, 0.2) is 36.0 Å². The van der Waals surface area contributed by atoms with Crippen LogP contribution in [0, 0.1) is 23.7 Å². The molecule has 0 aromatic rings. The largest absolute Gasteiger partial charge is 0.479 e. The topological polar surface area (TPSA) is 189 Å². The van der Waals surface area contributed by atoms with Crippen LogP contribution < -0.4 is 0 Å². The molecule has 7 aliphatic rings.